The monoisotopic (exact) mass is 411 g/mol. The van der Waals surface area contributed by atoms with Crippen LogP contribution in [0.25, 0.3) is 11.1 Å². The molecule has 2 N–H and O–H groups in total. The van der Waals surface area contributed by atoms with Gasteiger partial charge in [0.25, 0.3) is 5.56 Å². The number of carbonyl (C=O) groups excluding carboxylic acids is 1. The van der Waals surface area contributed by atoms with Crippen molar-refractivity contribution in [3.05, 3.63) is 53.1 Å². The molecule has 1 unspecified atom stereocenters. The molecule has 8 nitrogen and oxygen atoms in total. The first-order chi connectivity index (χ1) is 14.5. The molecule has 0 radical (unpaired) electrons. The van der Waals surface area contributed by atoms with Gasteiger partial charge in [-0.1, -0.05) is 6.08 Å². The molecule has 1 saturated heterocycles. The van der Waals surface area contributed by atoms with Crippen LogP contribution in [-0.2, 0) is 4.79 Å². The number of piperidine rings is 1. The van der Waals surface area contributed by atoms with Gasteiger partial charge in [-0.3, -0.25) is 9.59 Å². The predicted octanol–water partition coefficient (Wildman–Crippen LogP) is 1.97. The molecule has 3 rings (SSSR count). The first kappa shape index (κ1) is 21.6. The molecule has 1 atom stereocenters. The van der Waals surface area contributed by atoms with Gasteiger partial charge < -0.3 is 24.8 Å². The van der Waals surface area contributed by atoms with E-state index in [0.717, 1.165) is 37.1 Å². The van der Waals surface area contributed by atoms with Crippen LogP contribution in [0.4, 0.5) is 5.69 Å². The lowest BCUT2D eigenvalue weighted by Gasteiger charge is -2.33. The van der Waals surface area contributed by atoms with E-state index in [1.807, 2.05) is 48.2 Å². The number of rotatable bonds is 7. The number of hydrogen-bond donors (Lipinski definition) is 2. The second-order valence-electron chi connectivity index (χ2n) is 7.65. The van der Waals surface area contributed by atoms with Crippen LogP contribution >= 0.6 is 0 Å². The highest BCUT2D eigenvalue weighted by Gasteiger charge is 2.23. The summed E-state index contributed by atoms with van der Waals surface area (Å²) >= 11 is 0. The van der Waals surface area contributed by atoms with Gasteiger partial charge in [0.2, 0.25) is 11.8 Å². The molecule has 1 fully saturated rings. The van der Waals surface area contributed by atoms with Crippen LogP contribution in [0.1, 0.15) is 12.8 Å². The lowest BCUT2D eigenvalue weighted by molar-refractivity contribution is -0.127. The number of aromatic amines is 1. The van der Waals surface area contributed by atoms with Gasteiger partial charge in [0.15, 0.2) is 0 Å². The SMILES string of the molecule is COc1cc(-c2c[nH]c(=O)c(NC3CCCN(C(=O)C=CCN(C)C)C3)c2)ccn1. The fourth-order valence-corrected chi connectivity index (χ4v) is 3.44. The minimum atomic E-state index is -0.186. The number of pyridine rings is 2. The number of aromatic nitrogens is 2. The number of anilines is 1. The van der Waals surface area contributed by atoms with Crippen molar-refractivity contribution in [1.82, 2.24) is 19.8 Å². The lowest BCUT2D eigenvalue weighted by Crippen LogP contribution is -2.45. The number of nitrogens with zero attached hydrogens (tertiary/aromatic N) is 3. The van der Waals surface area contributed by atoms with E-state index in [0.29, 0.717) is 18.1 Å². The molecule has 1 aliphatic heterocycles. The molecular formula is C22H29N5O3. The van der Waals surface area contributed by atoms with E-state index in [9.17, 15) is 9.59 Å². The van der Waals surface area contributed by atoms with Crippen molar-refractivity contribution in [2.24, 2.45) is 0 Å². The van der Waals surface area contributed by atoms with E-state index in [1.54, 1.807) is 25.6 Å². The Labute approximate surface area is 176 Å². The molecule has 2 aromatic rings. The third-order valence-electron chi connectivity index (χ3n) is 5.00. The van der Waals surface area contributed by atoms with Gasteiger partial charge in [0.1, 0.15) is 5.69 Å². The van der Waals surface area contributed by atoms with Crippen molar-refractivity contribution in [2.75, 3.05) is 46.2 Å². The molecule has 0 aliphatic carbocycles. The standard InChI is InChI=1S/C22H29N5O3/c1-26(2)10-5-7-21(28)27-11-4-6-18(15-27)25-19-12-17(14-24-22(19)29)16-8-9-23-20(13-16)30-3/h5,7-9,12-14,18,25H,4,6,10-11,15H2,1-3H3,(H,24,29). The minimum absolute atomic E-state index is 0.00916. The van der Waals surface area contributed by atoms with Gasteiger partial charge in [0.05, 0.1) is 7.11 Å². The molecule has 160 valence electrons. The van der Waals surface area contributed by atoms with Crippen molar-refractivity contribution in [2.45, 2.75) is 18.9 Å². The maximum atomic E-state index is 12.5. The number of likely N-dealkylation sites (N-methyl/N-ethyl adjacent to an activating group) is 1. The van der Waals surface area contributed by atoms with E-state index in [2.05, 4.69) is 15.3 Å². The van der Waals surface area contributed by atoms with Crippen LogP contribution in [-0.4, -0.2) is 72.6 Å². The molecule has 2 aromatic heterocycles. The van der Waals surface area contributed by atoms with Crippen LogP contribution in [0.15, 0.2) is 47.5 Å². The van der Waals surface area contributed by atoms with Crippen molar-refractivity contribution in [3.63, 3.8) is 0 Å². The number of hydrogen-bond acceptors (Lipinski definition) is 6. The van der Waals surface area contributed by atoms with Gasteiger partial charge >= 0.3 is 0 Å². The number of ether oxygens (including phenoxy) is 1. The van der Waals surface area contributed by atoms with E-state index in [1.165, 1.54) is 0 Å². The Bertz CT molecular complexity index is 954. The molecule has 0 aromatic carbocycles. The number of H-pyrrole nitrogens is 1. The summed E-state index contributed by atoms with van der Waals surface area (Å²) < 4.78 is 5.18. The molecule has 1 aliphatic rings. The topological polar surface area (TPSA) is 90.6 Å². The summed E-state index contributed by atoms with van der Waals surface area (Å²) in [7, 11) is 5.49. The fraction of sp³-hybridized carbons (Fsp3) is 0.409. The number of methoxy groups -OCH3 is 1. The smallest absolute Gasteiger partial charge is 0.271 e. The molecule has 0 spiro atoms. The summed E-state index contributed by atoms with van der Waals surface area (Å²) in [5.74, 6) is 0.520. The number of amides is 1. The summed E-state index contributed by atoms with van der Waals surface area (Å²) in [5.41, 5.74) is 2.06. The highest BCUT2D eigenvalue weighted by atomic mass is 16.5. The van der Waals surface area contributed by atoms with Crippen molar-refractivity contribution in [3.8, 4) is 17.0 Å². The van der Waals surface area contributed by atoms with Gasteiger partial charge in [-0.15, -0.1) is 0 Å². The maximum absolute atomic E-state index is 12.5. The largest absolute Gasteiger partial charge is 0.481 e. The normalized spacial score (nSPS) is 16.8. The Morgan fingerprint density at radius 1 is 1.40 bits per heavy atom. The second kappa shape index (κ2) is 10.1. The average Bonchev–Trinajstić information content (AvgIpc) is 2.75. The van der Waals surface area contributed by atoms with Crippen molar-refractivity contribution >= 4 is 11.6 Å². The highest BCUT2D eigenvalue weighted by Crippen LogP contribution is 2.23. The number of nitrogens with one attached hydrogen (secondary N) is 2. The Balaban J connectivity index is 1.70. The molecule has 0 bridgehead atoms. The number of likely N-dealkylation sites (tertiary alicyclic amines) is 1. The van der Waals surface area contributed by atoms with Crippen LogP contribution in [0.2, 0.25) is 0 Å². The predicted molar refractivity (Wildman–Crippen MR) is 118 cm³/mol. The van der Waals surface area contributed by atoms with Gasteiger partial charge in [-0.25, -0.2) is 4.98 Å². The Hall–Kier alpha value is -3.13. The lowest BCUT2D eigenvalue weighted by atomic mass is 10.0. The maximum Gasteiger partial charge on any atom is 0.271 e. The summed E-state index contributed by atoms with van der Waals surface area (Å²) in [5, 5.41) is 3.33. The summed E-state index contributed by atoms with van der Waals surface area (Å²) in [6.45, 7) is 2.03. The first-order valence-corrected chi connectivity index (χ1v) is 10.1. The highest BCUT2D eigenvalue weighted by molar-refractivity contribution is 5.87. The molecule has 0 saturated carbocycles. The third kappa shape index (κ3) is 5.70. The summed E-state index contributed by atoms with van der Waals surface area (Å²) in [6, 6.07) is 5.53. The average molecular weight is 412 g/mol. The summed E-state index contributed by atoms with van der Waals surface area (Å²) in [4.78, 5) is 35.6. The van der Waals surface area contributed by atoms with E-state index in [-0.39, 0.29) is 17.5 Å². The minimum Gasteiger partial charge on any atom is -0.481 e. The van der Waals surface area contributed by atoms with E-state index >= 15 is 0 Å². The number of carbonyl (C=O) groups is 1. The summed E-state index contributed by atoms with van der Waals surface area (Å²) in [6.07, 6.45) is 8.64. The third-order valence-corrected chi connectivity index (χ3v) is 5.00. The van der Waals surface area contributed by atoms with Gasteiger partial charge in [-0.2, -0.15) is 0 Å². The Morgan fingerprint density at radius 2 is 2.23 bits per heavy atom. The van der Waals surface area contributed by atoms with Crippen LogP contribution in [0.3, 0.4) is 0 Å². The quantitative estimate of drug-likeness (QED) is 0.677. The van der Waals surface area contributed by atoms with Crippen LogP contribution in [0.5, 0.6) is 5.88 Å². The zero-order valence-electron chi connectivity index (χ0n) is 17.7. The molecule has 1 amide bonds. The Kier molecular flexibility index (Phi) is 7.24. The zero-order chi connectivity index (χ0) is 21.5. The van der Waals surface area contributed by atoms with E-state index < -0.39 is 0 Å². The molecular weight excluding hydrogens is 382 g/mol. The fourth-order valence-electron chi connectivity index (χ4n) is 3.44. The van der Waals surface area contributed by atoms with Crippen LogP contribution < -0.4 is 15.6 Å². The Morgan fingerprint density at radius 3 is 3.00 bits per heavy atom. The zero-order valence-corrected chi connectivity index (χ0v) is 17.7. The van der Waals surface area contributed by atoms with E-state index in [4.69, 9.17) is 4.74 Å². The van der Waals surface area contributed by atoms with Gasteiger partial charge in [-0.05, 0) is 44.6 Å². The first-order valence-electron chi connectivity index (χ1n) is 10.1. The molecule has 30 heavy (non-hydrogen) atoms. The van der Waals surface area contributed by atoms with Crippen LogP contribution in [0, 0.1) is 0 Å². The van der Waals surface area contributed by atoms with Crippen molar-refractivity contribution in [1.29, 1.82) is 0 Å². The molecule has 3 heterocycles. The molecule has 8 heteroatoms. The van der Waals surface area contributed by atoms with Gasteiger partial charge in [0, 0.05) is 55.8 Å². The van der Waals surface area contributed by atoms with Crippen molar-refractivity contribution < 1.29 is 9.53 Å². The second-order valence-corrected chi connectivity index (χ2v) is 7.65.